The Bertz CT molecular complexity index is 704. The number of allylic oxidation sites excluding steroid dienone is 3. The molecule has 2 N–H and O–H groups in total. The van der Waals surface area contributed by atoms with E-state index in [1.54, 1.807) is 12.1 Å². The molecule has 0 amide bonds. The van der Waals surface area contributed by atoms with Crippen LogP contribution in [0.2, 0.25) is 0 Å². The summed E-state index contributed by atoms with van der Waals surface area (Å²) in [7, 11) is 0. The van der Waals surface area contributed by atoms with E-state index in [0.29, 0.717) is 17.2 Å². The Hall–Kier alpha value is -2.70. The Labute approximate surface area is 118 Å². The van der Waals surface area contributed by atoms with Crippen LogP contribution in [0.4, 0.5) is 18.9 Å². The number of hydrogen-bond donors (Lipinski definition) is 2. The van der Waals surface area contributed by atoms with Gasteiger partial charge in [-0.05, 0) is 18.2 Å². The summed E-state index contributed by atoms with van der Waals surface area (Å²) in [6, 6.07) is 4.69. The quantitative estimate of drug-likeness (QED) is 0.667. The average molecular weight is 292 g/mol. The second-order valence-electron chi connectivity index (χ2n) is 4.03. The molecule has 0 fully saturated rings. The molecule has 2 rings (SSSR count). The first-order valence-corrected chi connectivity index (χ1v) is 5.88. The van der Waals surface area contributed by atoms with Crippen molar-refractivity contribution in [3.8, 4) is 0 Å². The van der Waals surface area contributed by atoms with Crippen molar-refractivity contribution in [3.05, 3.63) is 54.5 Å². The van der Waals surface area contributed by atoms with Crippen molar-refractivity contribution in [2.24, 2.45) is 0 Å². The van der Waals surface area contributed by atoms with Gasteiger partial charge in [0.2, 0.25) is 0 Å². The van der Waals surface area contributed by atoms with Crippen molar-refractivity contribution in [3.63, 3.8) is 0 Å². The number of nitrogens with one attached hydrogen (secondary N) is 2. The van der Waals surface area contributed by atoms with Crippen LogP contribution < -0.4 is 5.32 Å². The van der Waals surface area contributed by atoms with Gasteiger partial charge < -0.3 is 10.7 Å². The molecule has 0 atom stereocenters. The minimum atomic E-state index is -4.65. The van der Waals surface area contributed by atoms with E-state index in [2.05, 4.69) is 21.9 Å². The minimum Gasteiger partial charge on any atom is -0.349 e. The molecule has 2 heterocycles. The molecular formula is C14H11F3N4. The summed E-state index contributed by atoms with van der Waals surface area (Å²) in [5.41, 5.74) is -0.475. The summed E-state index contributed by atoms with van der Waals surface area (Å²) < 4.78 is 39.4. The van der Waals surface area contributed by atoms with Gasteiger partial charge in [-0.2, -0.15) is 13.2 Å². The highest BCUT2D eigenvalue weighted by molar-refractivity contribution is 5.89. The SMILES string of the molecule is C=C/C(C=N)=C(/Nc1ccnc2cccnc12)C(F)(F)F. The molecule has 21 heavy (non-hydrogen) atoms. The lowest BCUT2D eigenvalue weighted by molar-refractivity contribution is -0.0905. The number of anilines is 1. The van der Waals surface area contributed by atoms with E-state index in [1.807, 2.05) is 0 Å². The summed E-state index contributed by atoms with van der Waals surface area (Å²) in [4.78, 5) is 8.06. The first-order valence-electron chi connectivity index (χ1n) is 5.88. The number of alkyl halides is 3. The van der Waals surface area contributed by atoms with E-state index in [4.69, 9.17) is 5.41 Å². The highest BCUT2D eigenvalue weighted by atomic mass is 19.4. The van der Waals surface area contributed by atoms with E-state index in [0.717, 1.165) is 6.08 Å². The molecule has 0 aliphatic heterocycles. The van der Waals surface area contributed by atoms with E-state index in [9.17, 15) is 13.2 Å². The van der Waals surface area contributed by atoms with Crippen molar-refractivity contribution in [1.29, 1.82) is 5.41 Å². The zero-order valence-electron chi connectivity index (χ0n) is 10.8. The normalized spacial score (nSPS) is 12.7. The van der Waals surface area contributed by atoms with Crippen LogP contribution in [0.1, 0.15) is 0 Å². The molecule has 7 heteroatoms. The highest BCUT2D eigenvalue weighted by Gasteiger charge is 2.36. The molecule has 108 valence electrons. The number of aromatic nitrogens is 2. The first kappa shape index (κ1) is 14.7. The Morgan fingerprint density at radius 1 is 1.24 bits per heavy atom. The average Bonchev–Trinajstić information content (AvgIpc) is 2.46. The van der Waals surface area contributed by atoms with Crippen LogP contribution in [0.5, 0.6) is 0 Å². The lowest BCUT2D eigenvalue weighted by Crippen LogP contribution is -2.21. The van der Waals surface area contributed by atoms with E-state index in [1.165, 1.54) is 18.5 Å². The van der Waals surface area contributed by atoms with E-state index >= 15 is 0 Å². The fourth-order valence-electron chi connectivity index (χ4n) is 1.75. The lowest BCUT2D eigenvalue weighted by atomic mass is 10.2. The van der Waals surface area contributed by atoms with Crippen LogP contribution in [-0.4, -0.2) is 22.4 Å². The molecule has 0 aliphatic rings. The van der Waals surface area contributed by atoms with Gasteiger partial charge in [0, 0.05) is 24.2 Å². The van der Waals surface area contributed by atoms with Crippen LogP contribution in [0.25, 0.3) is 11.0 Å². The van der Waals surface area contributed by atoms with Gasteiger partial charge >= 0.3 is 6.18 Å². The molecular weight excluding hydrogens is 281 g/mol. The Morgan fingerprint density at radius 3 is 2.62 bits per heavy atom. The molecule has 0 radical (unpaired) electrons. The van der Waals surface area contributed by atoms with Crippen molar-refractivity contribution in [1.82, 2.24) is 9.97 Å². The molecule has 2 aromatic rings. The maximum absolute atomic E-state index is 13.1. The van der Waals surface area contributed by atoms with Gasteiger partial charge in [0.05, 0.1) is 11.2 Å². The minimum absolute atomic E-state index is 0.161. The van der Waals surface area contributed by atoms with Crippen LogP contribution >= 0.6 is 0 Å². The van der Waals surface area contributed by atoms with Gasteiger partial charge in [-0.15, -0.1) is 0 Å². The van der Waals surface area contributed by atoms with Gasteiger partial charge in [-0.3, -0.25) is 9.97 Å². The molecule has 4 nitrogen and oxygen atoms in total. The van der Waals surface area contributed by atoms with Gasteiger partial charge in [-0.25, -0.2) is 0 Å². The molecule has 0 saturated carbocycles. The number of nitrogens with zero attached hydrogens (tertiary/aromatic N) is 2. The zero-order valence-corrected chi connectivity index (χ0v) is 10.8. The number of pyridine rings is 2. The third kappa shape index (κ3) is 3.07. The second-order valence-corrected chi connectivity index (χ2v) is 4.03. The highest BCUT2D eigenvalue weighted by Crippen LogP contribution is 2.31. The molecule has 0 aromatic carbocycles. The molecule has 0 unspecified atom stereocenters. The Balaban J connectivity index is 2.57. The summed E-state index contributed by atoms with van der Waals surface area (Å²) in [6.07, 6.45) is -0.222. The standard InChI is InChI=1S/C14H11F3N4/c1-2-9(8-18)13(14(15,16)17)21-11-5-7-19-10-4-3-6-20-12(10)11/h2-8,18H,1H2,(H,19,21)/b13-9-,18-8?. The Kier molecular flexibility index (Phi) is 4.02. The van der Waals surface area contributed by atoms with Crippen molar-refractivity contribution < 1.29 is 13.2 Å². The summed E-state index contributed by atoms with van der Waals surface area (Å²) >= 11 is 0. The maximum atomic E-state index is 13.1. The molecule has 0 saturated heterocycles. The third-order valence-corrected chi connectivity index (χ3v) is 2.70. The number of hydrogen-bond acceptors (Lipinski definition) is 4. The predicted octanol–water partition coefficient (Wildman–Crippen LogP) is 3.69. The van der Waals surface area contributed by atoms with Gasteiger partial charge in [-0.1, -0.05) is 12.7 Å². The first-order chi connectivity index (χ1) is 9.97. The van der Waals surface area contributed by atoms with Gasteiger partial charge in [0.1, 0.15) is 11.2 Å². The van der Waals surface area contributed by atoms with Crippen LogP contribution in [0, 0.1) is 5.41 Å². The molecule has 0 bridgehead atoms. The van der Waals surface area contributed by atoms with Crippen LogP contribution in [0.3, 0.4) is 0 Å². The third-order valence-electron chi connectivity index (χ3n) is 2.70. The van der Waals surface area contributed by atoms with Crippen molar-refractivity contribution in [2.75, 3.05) is 5.32 Å². The van der Waals surface area contributed by atoms with E-state index < -0.39 is 11.9 Å². The molecule has 0 aliphatic carbocycles. The van der Waals surface area contributed by atoms with Crippen molar-refractivity contribution in [2.45, 2.75) is 6.18 Å². The van der Waals surface area contributed by atoms with Crippen LogP contribution in [-0.2, 0) is 0 Å². The topological polar surface area (TPSA) is 61.7 Å². The number of rotatable bonds is 4. The van der Waals surface area contributed by atoms with Gasteiger partial charge in [0.15, 0.2) is 0 Å². The second kappa shape index (κ2) is 5.74. The summed E-state index contributed by atoms with van der Waals surface area (Å²) in [6.45, 7) is 3.29. The number of halogens is 3. The monoisotopic (exact) mass is 292 g/mol. The predicted molar refractivity (Wildman–Crippen MR) is 75.2 cm³/mol. The lowest BCUT2D eigenvalue weighted by Gasteiger charge is -2.17. The fraction of sp³-hybridized carbons (Fsp3) is 0.0714. The summed E-state index contributed by atoms with van der Waals surface area (Å²) in [5, 5.41) is 9.37. The summed E-state index contributed by atoms with van der Waals surface area (Å²) in [5.74, 6) is 0. The fourth-order valence-corrected chi connectivity index (χ4v) is 1.75. The number of fused-ring (bicyclic) bond motifs is 1. The van der Waals surface area contributed by atoms with E-state index in [-0.39, 0.29) is 11.3 Å². The maximum Gasteiger partial charge on any atom is 0.431 e. The van der Waals surface area contributed by atoms with Gasteiger partial charge in [0.25, 0.3) is 0 Å². The molecule has 2 aromatic heterocycles. The van der Waals surface area contributed by atoms with Crippen LogP contribution in [0.15, 0.2) is 54.5 Å². The molecule has 0 spiro atoms. The smallest absolute Gasteiger partial charge is 0.349 e. The zero-order chi connectivity index (χ0) is 15.5. The Morgan fingerprint density at radius 2 is 2.00 bits per heavy atom. The van der Waals surface area contributed by atoms with Crippen molar-refractivity contribution >= 4 is 22.9 Å². The largest absolute Gasteiger partial charge is 0.431 e.